The molecule has 0 amide bonds. The standard InChI is InChI=1S/C31H35N5O3/c1-20(21-9-5-3-4-6-10-21)39-25-14-8-12-23(16-25)22-11-7-13-24(15-22)36-30(28(18-32-36)31(37)38)27-17-26(27)29-19-35(2)34-33-29/h7-8,11-16,18-21,26-27H,3-6,9-10,17H2,1-2H3,(H,37,38)/t20-,26-,27-/m1/s1. The molecule has 2 aliphatic carbocycles. The van der Waals surface area contributed by atoms with Crippen LogP contribution in [-0.4, -0.2) is 42.0 Å². The molecule has 8 heteroatoms. The van der Waals surface area contributed by atoms with Gasteiger partial charge in [0.1, 0.15) is 11.3 Å². The molecule has 3 atom stereocenters. The van der Waals surface area contributed by atoms with Crippen LogP contribution >= 0.6 is 0 Å². The van der Waals surface area contributed by atoms with E-state index in [1.165, 1.54) is 44.7 Å². The molecule has 8 nitrogen and oxygen atoms in total. The molecule has 2 aromatic heterocycles. The fourth-order valence-corrected chi connectivity index (χ4v) is 6.10. The average molecular weight is 526 g/mol. The second-order valence-corrected chi connectivity index (χ2v) is 11.1. The van der Waals surface area contributed by atoms with Gasteiger partial charge in [-0.3, -0.25) is 4.68 Å². The van der Waals surface area contributed by atoms with Crippen LogP contribution in [0.2, 0.25) is 0 Å². The van der Waals surface area contributed by atoms with Crippen molar-refractivity contribution in [1.29, 1.82) is 0 Å². The van der Waals surface area contributed by atoms with Crippen LogP contribution in [-0.2, 0) is 7.05 Å². The number of aromatic nitrogens is 5. The Balaban J connectivity index is 1.26. The number of aryl methyl sites for hydroxylation is 1. The van der Waals surface area contributed by atoms with Crippen molar-refractivity contribution in [1.82, 2.24) is 24.8 Å². The monoisotopic (exact) mass is 525 g/mol. The zero-order valence-corrected chi connectivity index (χ0v) is 22.5. The van der Waals surface area contributed by atoms with E-state index in [1.54, 1.807) is 9.36 Å². The van der Waals surface area contributed by atoms with E-state index < -0.39 is 5.97 Å². The molecular formula is C31H35N5O3. The van der Waals surface area contributed by atoms with Crippen LogP contribution in [0.1, 0.15) is 85.5 Å². The number of carbonyl (C=O) groups is 1. The molecule has 2 saturated carbocycles. The lowest BCUT2D eigenvalue weighted by Gasteiger charge is -2.24. The van der Waals surface area contributed by atoms with Crippen LogP contribution in [0.5, 0.6) is 5.75 Å². The zero-order valence-electron chi connectivity index (χ0n) is 22.5. The molecule has 0 bridgehead atoms. The van der Waals surface area contributed by atoms with Crippen LogP contribution in [0.25, 0.3) is 16.8 Å². The summed E-state index contributed by atoms with van der Waals surface area (Å²) in [5.74, 6) is 0.687. The quantitative estimate of drug-likeness (QED) is 0.268. The Labute approximate surface area is 228 Å². The number of benzene rings is 2. The Morgan fingerprint density at radius 2 is 1.77 bits per heavy atom. The number of carboxylic acid groups (broad SMARTS) is 1. The predicted octanol–water partition coefficient (Wildman–Crippen LogP) is 6.37. The molecule has 1 N–H and O–H groups in total. The van der Waals surface area contributed by atoms with Gasteiger partial charge in [0.05, 0.1) is 29.4 Å². The third kappa shape index (κ3) is 5.33. The lowest BCUT2D eigenvalue weighted by Crippen LogP contribution is -2.23. The first kappa shape index (κ1) is 25.3. The topological polar surface area (TPSA) is 95.1 Å². The maximum absolute atomic E-state index is 12.1. The molecule has 202 valence electrons. The van der Waals surface area contributed by atoms with Crippen molar-refractivity contribution in [2.75, 3.05) is 0 Å². The Kier molecular flexibility index (Phi) is 6.94. The van der Waals surface area contributed by atoms with Gasteiger partial charge in [0.15, 0.2) is 0 Å². The highest BCUT2D eigenvalue weighted by molar-refractivity contribution is 5.89. The molecule has 6 rings (SSSR count). The highest BCUT2D eigenvalue weighted by atomic mass is 16.5. The number of hydrogen-bond acceptors (Lipinski definition) is 5. The minimum atomic E-state index is -0.968. The van der Waals surface area contributed by atoms with E-state index in [-0.39, 0.29) is 23.5 Å². The van der Waals surface area contributed by atoms with Gasteiger partial charge in [-0.05, 0) is 67.5 Å². The van der Waals surface area contributed by atoms with Crippen molar-refractivity contribution in [2.45, 2.75) is 69.8 Å². The number of aromatic carboxylic acids is 1. The number of carboxylic acids is 1. The van der Waals surface area contributed by atoms with Crippen LogP contribution in [0, 0.1) is 5.92 Å². The fourth-order valence-electron chi connectivity index (χ4n) is 6.10. The van der Waals surface area contributed by atoms with Crippen molar-refractivity contribution in [3.8, 4) is 22.6 Å². The summed E-state index contributed by atoms with van der Waals surface area (Å²) in [6, 6.07) is 16.3. The van der Waals surface area contributed by atoms with E-state index in [0.29, 0.717) is 11.6 Å². The highest BCUT2D eigenvalue weighted by Gasteiger charge is 2.46. The Bertz CT molecular complexity index is 1470. The molecule has 39 heavy (non-hydrogen) atoms. The van der Waals surface area contributed by atoms with Gasteiger partial charge in [-0.15, -0.1) is 5.10 Å². The van der Waals surface area contributed by atoms with Crippen molar-refractivity contribution in [3.63, 3.8) is 0 Å². The number of ether oxygens (including phenoxy) is 1. The lowest BCUT2D eigenvalue weighted by atomic mass is 9.95. The first-order valence-corrected chi connectivity index (χ1v) is 14.0. The number of hydrogen-bond donors (Lipinski definition) is 1. The van der Waals surface area contributed by atoms with Crippen LogP contribution < -0.4 is 4.74 Å². The van der Waals surface area contributed by atoms with Gasteiger partial charge < -0.3 is 9.84 Å². The van der Waals surface area contributed by atoms with Gasteiger partial charge >= 0.3 is 5.97 Å². The van der Waals surface area contributed by atoms with Gasteiger partial charge in [0.25, 0.3) is 0 Å². The molecule has 0 saturated heterocycles. The number of rotatable bonds is 8. The summed E-state index contributed by atoms with van der Waals surface area (Å²) in [5, 5.41) is 22.7. The SMILES string of the molecule is C[C@@H](Oc1cccc(-c2cccc(-n3ncc(C(=O)O)c3[C@@H]3C[C@H]3c3cn(C)nn3)c2)c1)C1CCCCCC1. The maximum Gasteiger partial charge on any atom is 0.339 e. The molecule has 0 unspecified atom stereocenters. The average Bonchev–Trinajstić information content (AvgIpc) is 3.52. The largest absolute Gasteiger partial charge is 0.490 e. The predicted molar refractivity (Wildman–Crippen MR) is 148 cm³/mol. The van der Waals surface area contributed by atoms with Crippen molar-refractivity contribution < 1.29 is 14.6 Å². The summed E-state index contributed by atoms with van der Waals surface area (Å²) in [4.78, 5) is 12.1. The van der Waals surface area contributed by atoms with Crippen LogP contribution in [0.3, 0.4) is 0 Å². The summed E-state index contributed by atoms with van der Waals surface area (Å²) in [5.41, 5.74) is 4.75. The molecule has 2 heterocycles. The van der Waals surface area contributed by atoms with E-state index >= 15 is 0 Å². The fraction of sp³-hybridized carbons (Fsp3) is 0.419. The molecule has 2 aliphatic rings. The molecule has 0 aliphatic heterocycles. The van der Waals surface area contributed by atoms with E-state index in [0.717, 1.165) is 34.7 Å². The van der Waals surface area contributed by atoms with E-state index in [2.05, 4.69) is 46.6 Å². The third-order valence-corrected chi connectivity index (χ3v) is 8.32. The maximum atomic E-state index is 12.1. The van der Waals surface area contributed by atoms with E-state index in [1.807, 2.05) is 37.5 Å². The minimum absolute atomic E-state index is 0.0289. The summed E-state index contributed by atoms with van der Waals surface area (Å²) < 4.78 is 9.89. The van der Waals surface area contributed by atoms with Crippen LogP contribution in [0.15, 0.2) is 60.9 Å². The Hall–Kier alpha value is -3.94. The molecule has 2 aromatic carbocycles. The van der Waals surface area contributed by atoms with Crippen molar-refractivity contribution in [3.05, 3.63) is 77.9 Å². The summed E-state index contributed by atoms with van der Waals surface area (Å²) in [6.45, 7) is 2.20. The van der Waals surface area contributed by atoms with Crippen molar-refractivity contribution in [2.24, 2.45) is 13.0 Å². The Morgan fingerprint density at radius 1 is 1.03 bits per heavy atom. The van der Waals surface area contributed by atoms with Gasteiger partial charge in [-0.2, -0.15) is 5.10 Å². The first-order valence-electron chi connectivity index (χ1n) is 14.0. The van der Waals surface area contributed by atoms with Gasteiger partial charge in [-0.25, -0.2) is 9.48 Å². The van der Waals surface area contributed by atoms with E-state index in [4.69, 9.17) is 4.74 Å². The third-order valence-electron chi connectivity index (χ3n) is 8.32. The molecule has 4 aromatic rings. The molecule has 0 spiro atoms. The zero-order chi connectivity index (χ0) is 26.9. The summed E-state index contributed by atoms with van der Waals surface area (Å²) in [6.07, 6.45) is 12.1. The molecule has 0 radical (unpaired) electrons. The van der Waals surface area contributed by atoms with Gasteiger partial charge in [-0.1, -0.05) is 55.2 Å². The minimum Gasteiger partial charge on any atom is -0.490 e. The smallest absolute Gasteiger partial charge is 0.339 e. The van der Waals surface area contributed by atoms with Gasteiger partial charge in [0.2, 0.25) is 0 Å². The number of nitrogens with zero attached hydrogens (tertiary/aromatic N) is 5. The summed E-state index contributed by atoms with van der Waals surface area (Å²) in [7, 11) is 1.84. The second kappa shape index (κ2) is 10.7. The lowest BCUT2D eigenvalue weighted by molar-refractivity contribution is 0.0695. The van der Waals surface area contributed by atoms with Crippen molar-refractivity contribution >= 4 is 5.97 Å². The normalized spacial score (nSPS) is 20.4. The highest BCUT2D eigenvalue weighted by Crippen LogP contribution is 2.55. The van der Waals surface area contributed by atoms with Gasteiger partial charge in [0, 0.05) is 25.1 Å². The Morgan fingerprint density at radius 3 is 2.49 bits per heavy atom. The first-order chi connectivity index (χ1) is 19.0. The second-order valence-electron chi connectivity index (χ2n) is 11.1. The van der Waals surface area contributed by atoms with Crippen LogP contribution in [0.4, 0.5) is 0 Å². The molecular weight excluding hydrogens is 490 g/mol. The van der Waals surface area contributed by atoms with E-state index in [9.17, 15) is 9.90 Å². The summed E-state index contributed by atoms with van der Waals surface area (Å²) >= 11 is 0. The molecule has 2 fully saturated rings.